The van der Waals surface area contributed by atoms with Gasteiger partial charge in [0.2, 0.25) is 0 Å². The van der Waals surface area contributed by atoms with Gasteiger partial charge in [-0.25, -0.2) is 0 Å². The first-order chi connectivity index (χ1) is 9.70. The van der Waals surface area contributed by atoms with E-state index < -0.39 is 0 Å². The Balaban J connectivity index is 1.91. The first-order valence-corrected chi connectivity index (χ1v) is 9.49. The Morgan fingerprint density at radius 3 is 3.10 bits per heavy atom. The SMILES string of the molecule is Cc1cc(C(=O)NCC2CSCCS2)sc1C#CCN. The van der Waals surface area contributed by atoms with Crippen molar-refractivity contribution in [3.63, 3.8) is 0 Å². The van der Waals surface area contributed by atoms with E-state index in [2.05, 4.69) is 17.2 Å². The number of thiophene rings is 1. The highest BCUT2D eigenvalue weighted by molar-refractivity contribution is 8.06. The minimum Gasteiger partial charge on any atom is -0.350 e. The van der Waals surface area contributed by atoms with Crippen molar-refractivity contribution in [3.8, 4) is 11.8 Å². The summed E-state index contributed by atoms with van der Waals surface area (Å²) in [5.41, 5.74) is 6.42. The van der Waals surface area contributed by atoms with Crippen LogP contribution >= 0.6 is 34.9 Å². The zero-order valence-electron chi connectivity index (χ0n) is 11.4. The third kappa shape index (κ3) is 4.45. The maximum absolute atomic E-state index is 12.1. The van der Waals surface area contributed by atoms with Gasteiger partial charge in [0.05, 0.1) is 16.3 Å². The van der Waals surface area contributed by atoms with Gasteiger partial charge in [0.1, 0.15) is 0 Å². The van der Waals surface area contributed by atoms with Crippen LogP contribution in [0.2, 0.25) is 0 Å². The maximum Gasteiger partial charge on any atom is 0.261 e. The van der Waals surface area contributed by atoms with Crippen molar-refractivity contribution in [2.45, 2.75) is 12.2 Å². The Bertz CT molecular complexity index is 524. The van der Waals surface area contributed by atoms with E-state index in [1.807, 2.05) is 36.5 Å². The molecule has 1 fully saturated rings. The topological polar surface area (TPSA) is 55.1 Å². The minimum atomic E-state index is 0.00933. The summed E-state index contributed by atoms with van der Waals surface area (Å²) in [6.45, 7) is 3.06. The molecule has 2 rings (SSSR count). The van der Waals surface area contributed by atoms with E-state index in [4.69, 9.17) is 5.73 Å². The number of amides is 1. The third-order valence-electron chi connectivity index (χ3n) is 2.82. The standard InChI is InChI=1S/C14H18N2OS3/c1-10-7-13(20-12(10)3-2-4-15)14(17)16-8-11-9-18-5-6-19-11/h7,11H,4-6,8-9,15H2,1H3,(H,16,17). The fraction of sp³-hybridized carbons (Fsp3) is 0.500. The summed E-state index contributed by atoms with van der Waals surface area (Å²) >= 11 is 5.36. The normalized spacial score (nSPS) is 18.2. The van der Waals surface area contributed by atoms with Crippen LogP contribution in [-0.4, -0.2) is 41.5 Å². The monoisotopic (exact) mass is 326 g/mol. The van der Waals surface area contributed by atoms with Crippen LogP contribution in [-0.2, 0) is 0 Å². The summed E-state index contributed by atoms with van der Waals surface area (Å²) in [6, 6.07) is 1.91. The van der Waals surface area contributed by atoms with Gasteiger partial charge in [0.25, 0.3) is 5.91 Å². The minimum absolute atomic E-state index is 0.00933. The number of aryl methyl sites for hydroxylation is 1. The van der Waals surface area contributed by atoms with E-state index in [0.717, 1.165) is 27.6 Å². The van der Waals surface area contributed by atoms with Crippen LogP contribution in [0.25, 0.3) is 0 Å². The predicted molar refractivity (Wildman–Crippen MR) is 90.9 cm³/mol. The molecular weight excluding hydrogens is 308 g/mol. The molecule has 6 heteroatoms. The summed E-state index contributed by atoms with van der Waals surface area (Å²) in [6.07, 6.45) is 0. The summed E-state index contributed by atoms with van der Waals surface area (Å²) in [5.74, 6) is 9.38. The van der Waals surface area contributed by atoms with Crippen molar-refractivity contribution in [1.82, 2.24) is 5.32 Å². The second-order valence-electron chi connectivity index (χ2n) is 4.41. The first-order valence-electron chi connectivity index (χ1n) is 6.47. The number of carbonyl (C=O) groups is 1. The molecule has 3 N–H and O–H groups in total. The van der Waals surface area contributed by atoms with Gasteiger partial charge in [0, 0.05) is 29.1 Å². The molecule has 0 bridgehead atoms. The van der Waals surface area contributed by atoms with E-state index >= 15 is 0 Å². The molecule has 2 heterocycles. The van der Waals surface area contributed by atoms with E-state index in [9.17, 15) is 4.79 Å². The zero-order valence-corrected chi connectivity index (χ0v) is 13.9. The van der Waals surface area contributed by atoms with Crippen LogP contribution < -0.4 is 11.1 Å². The molecule has 108 valence electrons. The van der Waals surface area contributed by atoms with Crippen LogP contribution in [0.4, 0.5) is 0 Å². The highest BCUT2D eigenvalue weighted by atomic mass is 32.2. The Labute approximate surface area is 132 Å². The molecule has 1 aromatic heterocycles. The fourth-order valence-electron chi connectivity index (χ4n) is 1.80. The molecule has 0 aliphatic carbocycles. The van der Waals surface area contributed by atoms with Gasteiger partial charge in [-0.15, -0.1) is 11.3 Å². The van der Waals surface area contributed by atoms with Gasteiger partial charge >= 0.3 is 0 Å². The van der Waals surface area contributed by atoms with E-state index in [1.165, 1.54) is 22.8 Å². The largest absolute Gasteiger partial charge is 0.350 e. The number of rotatable bonds is 3. The molecule has 0 radical (unpaired) electrons. The number of thioether (sulfide) groups is 2. The van der Waals surface area contributed by atoms with E-state index in [1.54, 1.807) is 0 Å². The average Bonchev–Trinajstić information content (AvgIpc) is 2.85. The lowest BCUT2D eigenvalue weighted by molar-refractivity contribution is 0.0958. The summed E-state index contributed by atoms with van der Waals surface area (Å²) in [5, 5.41) is 3.57. The number of nitrogens with two attached hydrogens (primary N) is 1. The molecule has 1 unspecified atom stereocenters. The van der Waals surface area contributed by atoms with Gasteiger partial charge < -0.3 is 11.1 Å². The molecule has 1 saturated heterocycles. The van der Waals surface area contributed by atoms with Gasteiger partial charge in [0.15, 0.2) is 0 Å². The molecule has 1 aliphatic heterocycles. The van der Waals surface area contributed by atoms with Gasteiger partial charge in [-0.05, 0) is 18.6 Å². The number of hydrogen-bond donors (Lipinski definition) is 2. The van der Waals surface area contributed by atoms with Crippen LogP contribution in [0.3, 0.4) is 0 Å². The van der Waals surface area contributed by atoms with Crippen molar-refractivity contribution in [2.75, 3.05) is 30.3 Å². The van der Waals surface area contributed by atoms with Crippen molar-refractivity contribution < 1.29 is 4.79 Å². The van der Waals surface area contributed by atoms with Crippen LogP contribution in [0.1, 0.15) is 20.1 Å². The number of carbonyl (C=O) groups excluding carboxylic acids is 1. The molecular formula is C14H18N2OS3. The molecule has 0 spiro atoms. The molecule has 1 atom stereocenters. The second kappa shape index (κ2) is 7.99. The molecule has 3 nitrogen and oxygen atoms in total. The van der Waals surface area contributed by atoms with E-state index in [0.29, 0.717) is 11.8 Å². The Morgan fingerprint density at radius 2 is 2.40 bits per heavy atom. The Hall–Kier alpha value is -0.610. The highest BCUT2D eigenvalue weighted by Gasteiger charge is 2.17. The zero-order chi connectivity index (χ0) is 14.4. The van der Waals surface area contributed by atoms with Crippen LogP contribution in [0.5, 0.6) is 0 Å². The second-order valence-corrected chi connectivity index (χ2v) is 8.02. The fourth-order valence-corrected chi connectivity index (χ4v) is 5.37. The molecule has 20 heavy (non-hydrogen) atoms. The summed E-state index contributed by atoms with van der Waals surface area (Å²) in [4.78, 5) is 13.8. The summed E-state index contributed by atoms with van der Waals surface area (Å²) < 4.78 is 0. The molecule has 1 aromatic rings. The quantitative estimate of drug-likeness (QED) is 0.834. The lowest BCUT2D eigenvalue weighted by Gasteiger charge is -2.20. The molecule has 0 aromatic carbocycles. The van der Waals surface area contributed by atoms with Crippen molar-refractivity contribution >= 4 is 40.8 Å². The maximum atomic E-state index is 12.1. The van der Waals surface area contributed by atoms with Gasteiger partial charge in [-0.2, -0.15) is 23.5 Å². The molecule has 1 aliphatic rings. The smallest absolute Gasteiger partial charge is 0.261 e. The molecule has 1 amide bonds. The number of hydrogen-bond acceptors (Lipinski definition) is 5. The van der Waals surface area contributed by atoms with Gasteiger partial charge in [-0.1, -0.05) is 11.8 Å². The lowest BCUT2D eigenvalue weighted by atomic mass is 10.2. The third-order valence-corrected chi connectivity index (χ3v) is 6.82. The highest BCUT2D eigenvalue weighted by Crippen LogP contribution is 2.24. The first kappa shape index (κ1) is 15.8. The van der Waals surface area contributed by atoms with Gasteiger partial charge in [-0.3, -0.25) is 4.79 Å². The van der Waals surface area contributed by atoms with Crippen molar-refractivity contribution in [3.05, 3.63) is 21.4 Å². The molecule has 0 saturated carbocycles. The Kier molecular flexibility index (Phi) is 6.30. The average molecular weight is 327 g/mol. The van der Waals surface area contributed by atoms with Crippen molar-refractivity contribution in [2.24, 2.45) is 5.73 Å². The Morgan fingerprint density at radius 1 is 1.55 bits per heavy atom. The van der Waals surface area contributed by atoms with Crippen LogP contribution in [0, 0.1) is 18.8 Å². The lowest BCUT2D eigenvalue weighted by Crippen LogP contribution is -2.33. The van der Waals surface area contributed by atoms with E-state index in [-0.39, 0.29) is 5.91 Å². The number of nitrogens with one attached hydrogen (secondary N) is 1. The van der Waals surface area contributed by atoms with Crippen LogP contribution in [0.15, 0.2) is 6.07 Å². The summed E-state index contributed by atoms with van der Waals surface area (Å²) in [7, 11) is 0. The van der Waals surface area contributed by atoms with Crippen molar-refractivity contribution in [1.29, 1.82) is 0 Å². The predicted octanol–water partition coefficient (Wildman–Crippen LogP) is 1.95.